The Balaban J connectivity index is 2.30. The van der Waals surface area contributed by atoms with E-state index in [0.29, 0.717) is 11.2 Å². The number of anilines is 1. The van der Waals surface area contributed by atoms with E-state index < -0.39 is 5.41 Å². The van der Waals surface area contributed by atoms with Crippen molar-refractivity contribution in [3.8, 4) is 0 Å². The van der Waals surface area contributed by atoms with Gasteiger partial charge in [-0.3, -0.25) is 10.1 Å². The number of hydrogen-bond donors (Lipinski definition) is 2. The minimum atomic E-state index is -0.476. The van der Waals surface area contributed by atoms with Crippen molar-refractivity contribution in [3.05, 3.63) is 11.5 Å². The number of aromatic nitrogens is 4. The van der Waals surface area contributed by atoms with Crippen LogP contribution in [0.1, 0.15) is 27.2 Å². The van der Waals surface area contributed by atoms with Gasteiger partial charge in [-0.15, -0.1) is 0 Å². The molecule has 6 nitrogen and oxygen atoms in total. The summed E-state index contributed by atoms with van der Waals surface area (Å²) >= 11 is 5.96. The molecular weight excluding hydrogens is 254 g/mol. The normalized spacial score (nSPS) is 11.8. The Morgan fingerprint density at radius 1 is 1.50 bits per heavy atom. The molecule has 96 valence electrons. The third-order valence-electron chi connectivity index (χ3n) is 2.97. The Morgan fingerprint density at radius 3 is 2.89 bits per heavy atom. The number of fused-ring (bicyclic) bond motifs is 1. The number of rotatable bonds is 3. The molecule has 2 aromatic rings. The number of amides is 1. The van der Waals surface area contributed by atoms with E-state index in [1.807, 2.05) is 20.8 Å². The van der Waals surface area contributed by atoms with Gasteiger partial charge in [0, 0.05) is 5.41 Å². The van der Waals surface area contributed by atoms with Crippen LogP contribution in [0.3, 0.4) is 0 Å². The van der Waals surface area contributed by atoms with E-state index in [1.165, 1.54) is 6.33 Å². The lowest BCUT2D eigenvalue weighted by Crippen LogP contribution is -2.30. The van der Waals surface area contributed by atoms with Crippen LogP contribution in [0.15, 0.2) is 6.33 Å². The molecule has 2 N–H and O–H groups in total. The van der Waals surface area contributed by atoms with Crippen molar-refractivity contribution in [2.45, 2.75) is 27.2 Å². The monoisotopic (exact) mass is 267 g/mol. The highest BCUT2D eigenvalue weighted by Gasteiger charge is 2.26. The van der Waals surface area contributed by atoms with Gasteiger partial charge in [-0.2, -0.15) is 9.97 Å². The summed E-state index contributed by atoms with van der Waals surface area (Å²) in [6.07, 6.45) is 2.20. The van der Waals surface area contributed by atoms with E-state index in [-0.39, 0.29) is 17.0 Å². The number of H-pyrrole nitrogens is 1. The van der Waals surface area contributed by atoms with Crippen molar-refractivity contribution in [1.82, 2.24) is 19.9 Å². The van der Waals surface area contributed by atoms with Crippen LogP contribution in [-0.4, -0.2) is 25.8 Å². The maximum absolute atomic E-state index is 12.0. The van der Waals surface area contributed by atoms with Crippen LogP contribution >= 0.6 is 11.6 Å². The highest BCUT2D eigenvalue weighted by Crippen LogP contribution is 2.23. The third-order valence-corrected chi connectivity index (χ3v) is 3.24. The molecule has 1 amide bonds. The average Bonchev–Trinajstić information content (AvgIpc) is 2.77. The van der Waals surface area contributed by atoms with Gasteiger partial charge < -0.3 is 4.98 Å². The first kappa shape index (κ1) is 12.8. The van der Waals surface area contributed by atoms with E-state index in [2.05, 4.69) is 25.3 Å². The number of imidazole rings is 1. The van der Waals surface area contributed by atoms with Crippen LogP contribution in [0.2, 0.25) is 5.15 Å². The summed E-state index contributed by atoms with van der Waals surface area (Å²) in [5.41, 5.74) is 0.514. The van der Waals surface area contributed by atoms with E-state index >= 15 is 0 Å². The second-order valence-electron chi connectivity index (χ2n) is 4.63. The summed E-state index contributed by atoms with van der Waals surface area (Å²) in [7, 11) is 0. The van der Waals surface area contributed by atoms with Gasteiger partial charge in [0.25, 0.3) is 0 Å². The van der Waals surface area contributed by atoms with Gasteiger partial charge in [-0.1, -0.05) is 32.4 Å². The smallest absolute Gasteiger partial charge is 0.233 e. The number of nitrogens with one attached hydrogen (secondary N) is 2. The van der Waals surface area contributed by atoms with Gasteiger partial charge in [-0.25, -0.2) is 4.98 Å². The van der Waals surface area contributed by atoms with Crippen molar-refractivity contribution in [1.29, 1.82) is 0 Å². The Labute approximate surface area is 109 Å². The van der Waals surface area contributed by atoms with Crippen molar-refractivity contribution in [2.24, 2.45) is 5.41 Å². The largest absolute Gasteiger partial charge is 0.341 e. The summed E-state index contributed by atoms with van der Waals surface area (Å²) in [6, 6.07) is 0. The second kappa shape index (κ2) is 4.53. The number of nitrogens with zero attached hydrogens (tertiary/aromatic N) is 3. The van der Waals surface area contributed by atoms with Crippen molar-refractivity contribution < 1.29 is 4.79 Å². The van der Waals surface area contributed by atoms with Gasteiger partial charge in [0.05, 0.1) is 6.33 Å². The molecule has 0 saturated carbocycles. The molecule has 0 saturated heterocycles. The predicted octanol–water partition coefficient (Wildman–Crippen LogP) is 2.38. The molecule has 0 unspecified atom stereocenters. The average molecular weight is 268 g/mol. The van der Waals surface area contributed by atoms with Crippen molar-refractivity contribution >= 4 is 34.6 Å². The molecule has 0 atom stereocenters. The summed E-state index contributed by atoms with van der Waals surface area (Å²) in [6.45, 7) is 5.67. The van der Waals surface area contributed by atoms with Crippen molar-refractivity contribution in [3.63, 3.8) is 0 Å². The topological polar surface area (TPSA) is 83.6 Å². The summed E-state index contributed by atoms with van der Waals surface area (Å²) in [5, 5.41) is 2.89. The van der Waals surface area contributed by atoms with Gasteiger partial charge in [0.1, 0.15) is 5.52 Å². The molecular formula is C11H14ClN5O. The lowest BCUT2D eigenvalue weighted by Gasteiger charge is -2.20. The van der Waals surface area contributed by atoms with Gasteiger partial charge >= 0.3 is 0 Å². The fourth-order valence-electron chi connectivity index (χ4n) is 1.29. The molecule has 0 spiro atoms. The fourth-order valence-corrected chi connectivity index (χ4v) is 1.50. The Hall–Kier alpha value is -1.69. The third kappa shape index (κ3) is 2.28. The SMILES string of the molecule is CCC(C)(C)C(=O)Nc1nc(Cl)c2[nH]cnc2n1. The molecule has 0 aliphatic rings. The minimum absolute atomic E-state index is 0.143. The maximum atomic E-state index is 12.0. The zero-order valence-electron chi connectivity index (χ0n) is 10.4. The zero-order chi connectivity index (χ0) is 13.3. The standard InChI is InChI=1S/C11H14ClN5O/c1-4-11(2,3)9(18)17-10-15-7(12)6-8(16-10)14-5-13-6/h5H,4H2,1-3H3,(H2,13,14,15,16,17,18). The van der Waals surface area contributed by atoms with E-state index in [0.717, 1.165) is 6.42 Å². The molecule has 7 heteroatoms. The Morgan fingerprint density at radius 2 is 2.22 bits per heavy atom. The van der Waals surface area contributed by atoms with E-state index in [1.54, 1.807) is 0 Å². The highest BCUT2D eigenvalue weighted by molar-refractivity contribution is 6.33. The molecule has 2 aromatic heterocycles. The van der Waals surface area contributed by atoms with E-state index in [9.17, 15) is 4.79 Å². The molecule has 0 aliphatic heterocycles. The van der Waals surface area contributed by atoms with Gasteiger partial charge in [-0.05, 0) is 6.42 Å². The lowest BCUT2D eigenvalue weighted by atomic mass is 9.89. The molecule has 2 rings (SSSR count). The molecule has 0 aromatic carbocycles. The Kier molecular flexibility index (Phi) is 3.21. The van der Waals surface area contributed by atoms with Crippen LogP contribution in [0.5, 0.6) is 0 Å². The molecule has 2 heterocycles. The molecule has 0 bridgehead atoms. The van der Waals surface area contributed by atoms with Crippen LogP contribution in [0.4, 0.5) is 5.95 Å². The molecule has 0 aliphatic carbocycles. The highest BCUT2D eigenvalue weighted by atomic mass is 35.5. The number of hydrogen-bond acceptors (Lipinski definition) is 4. The van der Waals surface area contributed by atoms with Gasteiger partial charge in [0.2, 0.25) is 11.9 Å². The number of aromatic amines is 1. The first-order valence-electron chi connectivity index (χ1n) is 5.62. The first-order valence-corrected chi connectivity index (χ1v) is 6.00. The summed E-state index contributed by atoms with van der Waals surface area (Å²) in [5.74, 6) is 0.0297. The van der Waals surface area contributed by atoms with E-state index in [4.69, 9.17) is 11.6 Å². The number of carbonyl (C=O) groups excluding carboxylic acids is 1. The van der Waals surface area contributed by atoms with Crippen molar-refractivity contribution in [2.75, 3.05) is 5.32 Å². The first-order chi connectivity index (χ1) is 8.44. The van der Waals surface area contributed by atoms with Crippen LogP contribution in [-0.2, 0) is 4.79 Å². The quantitative estimate of drug-likeness (QED) is 0.837. The molecule has 0 radical (unpaired) electrons. The fraction of sp³-hybridized carbons (Fsp3) is 0.455. The lowest BCUT2D eigenvalue weighted by molar-refractivity contribution is -0.124. The maximum Gasteiger partial charge on any atom is 0.233 e. The Bertz CT molecular complexity index is 592. The molecule has 18 heavy (non-hydrogen) atoms. The summed E-state index contributed by atoms with van der Waals surface area (Å²) in [4.78, 5) is 26.9. The minimum Gasteiger partial charge on any atom is -0.341 e. The van der Waals surface area contributed by atoms with Crippen LogP contribution in [0, 0.1) is 5.41 Å². The van der Waals surface area contributed by atoms with Crippen LogP contribution in [0.25, 0.3) is 11.2 Å². The summed E-state index contributed by atoms with van der Waals surface area (Å²) < 4.78 is 0. The van der Waals surface area contributed by atoms with Crippen LogP contribution < -0.4 is 5.32 Å². The second-order valence-corrected chi connectivity index (χ2v) is 4.99. The zero-order valence-corrected chi connectivity index (χ0v) is 11.2. The van der Waals surface area contributed by atoms with Gasteiger partial charge in [0.15, 0.2) is 10.8 Å². The predicted molar refractivity (Wildman–Crippen MR) is 69.4 cm³/mol. The number of carbonyl (C=O) groups is 1. The number of halogens is 1. The molecule has 0 fully saturated rings.